The van der Waals surface area contributed by atoms with Crippen molar-refractivity contribution >= 4 is 35.5 Å². The van der Waals surface area contributed by atoms with Crippen molar-refractivity contribution in [2.45, 2.75) is 24.4 Å². The van der Waals surface area contributed by atoms with Gasteiger partial charge in [-0.25, -0.2) is 4.79 Å². The number of ether oxygens (including phenoxy) is 2. The fourth-order valence-electron chi connectivity index (χ4n) is 1.86. The van der Waals surface area contributed by atoms with E-state index in [1.807, 2.05) is 0 Å². The third kappa shape index (κ3) is 4.56. The molecule has 0 aliphatic heterocycles. The number of rotatable bonds is 8. The summed E-state index contributed by atoms with van der Waals surface area (Å²) in [7, 11) is 1.24. The average molecular weight is 383 g/mol. The van der Waals surface area contributed by atoms with Gasteiger partial charge in [0.1, 0.15) is 23.9 Å². The van der Waals surface area contributed by atoms with Gasteiger partial charge in [-0.15, -0.1) is 0 Å². The minimum atomic E-state index is -1.97. The lowest BCUT2D eigenvalue weighted by atomic mass is 10.0. The van der Waals surface area contributed by atoms with E-state index >= 15 is 0 Å². The maximum absolute atomic E-state index is 12.3. The molecule has 134 valence electrons. The maximum Gasteiger partial charge on any atom is 0.343 e. The molecule has 8 nitrogen and oxygen atoms in total. The van der Waals surface area contributed by atoms with Gasteiger partial charge in [-0.05, 0) is 12.1 Å². The zero-order valence-corrected chi connectivity index (χ0v) is 13.9. The van der Waals surface area contributed by atoms with Gasteiger partial charge in [0, 0.05) is 0 Å². The van der Waals surface area contributed by atoms with Crippen LogP contribution in [0.25, 0.3) is 0 Å². The molecule has 0 aromatic heterocycles. The van der Waals surface area contributed by atoms with Crippen molar-refractivity contribution < 1.29 is 39.5 Å². The van der Waals surface area contributed by atoms with Gasteiger partial charge in [-0.2, -0.15) is 0 Å². The molecule has 0 saturated carbocycles. The van der Waals surface area contributed by atoms with E-state index in [0.717, 1.165) is 0 Å². The summed E-state index contributed by atoms with van der Waals surface area (Å²) >= 11 is 11.8. The average Bonchev–Trinajstić information content (AvgIpc) is 2.58. The molecule has 0 saturated heterocycles. The first-order chi connectivity index (χ1) is 11.3. The lowest BCUT2D eigenvalue weighted by Crippen LogP contribution is -2.49. The first-order valence-corrected chi connectivity index (χ1v) is 7.37. The van der Waals surface area contributed by atoms with Gasteiger partial charge in [0.25, 0.3) is 0 Å². The number of carbonyl (C=O) groups excluding carboxylic acids is 2. The van der Waals surface area contributed by atoms with Crippen LogP contribution in [0.4, 0.5) is 0 Å². The van der Waals surface area contributed by atoms with Crippen LogP contribution in [0.15, 0.2) is 12.1 Å². The van der Waals surface area contributed by atoms with Crippen LogP contribution in [0, 0.1) is 0 Å². The van der Waals surface area contributed by atoms with Gasteiger partial charge in [0.05, 0.1) is 23.8 Å². The highest BCUT2D eigenvalue weighted by molar-refractivity contribution is 6.37. The molecule has 0 heterocycles. The lowest BCUT2D eigenvalue weighted by Gasteiger charge is -2.27. The largest absolute Gasteiger partial charge is 0.494 e. The first-order valence-electron chi connectivity index (χ1n) is 6.61. The van der Waals surface area contributed by atoms with Crippen molar-refractivity contribution in [3.63, 3.8) is 0 Å². The van der Waals surface area contributed by atoms with Crippen LogP contribution in [0.5, 0.6) is 5.75 Å². The molecular weight excluding hydrogens is 367 g/mol. The molecule has 4 N–H and O–H groups in total. The molecule has 0 amide bonds. The summed E-state index contributed by atoms with van der Waals surface area (Å²) in [5.74, 6) is -1.24. The summed E-state index contributed by atoms with van der Waals surface area (Å²) in [4.78, 5) is 22.9. The van der Waals surface area contributed by atoms with E-state index < -0.39 is 37.0 Å². The number of hydrogen-bond donors (Lipinski definition) is 4. The third-order valence-electron chi connectivity index (χ3n) is 3.10. The highest BCUT2D eigenvalue weighted by atomic mass is 35.5. The Labute approximate surface area is 147 Å². The van der Waals surface area contributed by atoms with Crippen LogP contribution in [-0.4, -0.2) is 70.8 Å². The van der Waals surface area contributed by atoms with Crippen molar-refractivity contribution in [3.8, 4) is 5.75 Å². The summed E-state index contributed by atoms with van der Waals surface area (Å²) in [5, 5.41) is 37.8. The fraction of sp³-hybridized carbons (Fsp3) is 0.429. The maximum atomic E-state index is 12.3. The second-order valence-electron chi connectivity index (χ2n) is 4.67. The van der Waals surface area contributed by atoms with E-state index in [1.54, 1.807) is 0 Å². The molecule has 24 heavy (non-hydrogen) atoms. The molecule has 10 heteroatoms. The van der Waals surface area contributed by atoms with E-state index in [4.69, 9.17) is 37.8 Å². The van der Waals surface area contributed by atoms with E-state index in [0.29, 0.717) is 0 Å². The third-order valence-corrected chi connectivity index (χ3v) is 3.71. The summed E-state index contributed by atoms with van der Waals surface area (Å²) in [6.07, 6.45) is -7.49. The summed E-state index contributed by atoms with van der Waals surface area (Å²) < 4.78 is 9.89. The van der Waals surface area contributed by atoms with Crippen molar-refractivity contribution in [1.82, 2.24) is 0 Å². The highest BCUT2D eigenvalue weighted by Crippen LogP contribution is 2.34. The molecule has 1 aromatic rings. The number of methoxy groups -OCH3 is 1. The Morgan fingerprint density at radius 1 is 1.25 bits per heavy atom. The molecule has 1 rings (SSSR count). The van der Waals surface area contributed by atoms with Crippen molar-refractivity contribution in [2.75, 3.05) is 13.7 Å². The Morgan fingerprint density at radius 2 is 1.83 bits per heavy atom. The molecular formula is C14H16Cl2O8. The number of carbonyl (C=O) groups is 2. The molecule has 0 aliphatic carbocycles. The molecule has 0 fully saturated rings. The molecule has 0 aliphatic rings. The van der Waals surface area contributed by atoms with E-state index in [9.17, 15) is 24.9 Å². The zero-order valence-electron chi connectivity index (χ0n) is 12.4. The molecule has 1 aromatic carbocycles. The molecule has 0 spiro atoms. The Hall–Kier alpha value is -1.42. The Bertz CT molecular complexity index is 594. The van der Waals surface area contributed by atoms with Crippen LogP contribution in [0.2, 0.25) is 10.0 Å². The Kier molecular flexibility index (Phi) is 7.88. The predicted molar refractivity (Wildman–Crippen MR) is 83.4 cm³/mol. The number of aldehydes is 1. The first kappa shape index (κ1) is 20.6. The SMILES string of the molecule is COc1c(Cl)ccc(Cl)c1C(=O)O[C@@H]([C@H](O)[C@@H](O)C=O)[C@H](O)CO. The lowest BCUT2D eigenvalue weighted by molar-refractivity contribution is -0.138. The quantitative estimate of drug-likeness (QED) is 0.358. The second-order valence-corrected chi connectivity index (χ2v) is 5.49. The number of esters is 1. The highest BCUT2D eigenvalue weighted by Gasteiger charge is 2.36. The molecule has 0 radical (unpaired) electrons. The van der Waals surface area contributed by atoms with Gasteiger partial charge >= 0.3 is 5.97 Å². The van der Waals surface area contributed by atoms with Gasteiger partial charge < -0.3 is 34.7 Å². The van der Waals surface area contributed by atoms with Gasteiger partial charge in [-0.3, -0.25) is 0 Å². The molecule has 4 atom stereocenters. The minimum absolute atomic E-state index is 0.0114. The fourth-order valence-corrected chi connectivity index (χ4v) is 2.32. The van der Waals surface area contributed by atoms with Crippen LogP contribution < -0.4 is 4.74 Å². The van der Waals surface area contributed by atoms with Crippen LogP contribution in [0.3, 0.4) is 0 Å². The Morgan fingerprint density at radius 3 is 2.33 bits per heavy atom. The topological polar surface area (TPSA) is 134 Å². The normalized spacial score (nSPS) is 16.0. The van der Waals surface area contributed by atoms with Gasteiger partial charge in [0.2, 0.25) is 0 Å². The number of hydrogen-bond acceptors (Lipinski definition) is 8. The Balaban J connectivity index is 3.18. The molecule has 0 unspecified atom stereocenters. The van der Waals surface area contributed by atoms with E-state index in [1.165, 1.54) is 19.2 Å². The number of aliphatic hydroxyl groups is 4. The van der Waals surface area contributed by atoms with Crippen molar-refractivity contribution in [3.05, 3.63) is 27.7 Å². The zero-order chi connectivity index (χ0) is 18.4. The van der Waals surface area contributed by atoms with E-state index in [2.05, 4.69) is 0 Å². The number of benzene rings is 1. The van der Waals surface area contributed by atoms with Crippen molar-refractivity contribution in [2.24, 2.45) is 0 Å². The van der Waals surface area contributed by atoms with Gasteiger partial charge in [-0.1, -0.05) is 23.2 Å². The summed E-state index contributed by atoms with van der Waals surface area (Å²) in [6.45, 7) is -0.902. The standard InChI is InChI=1S/C14H16Cl2O8/c1-23-12-7(16)3-2-6(15)10(12)14(22)24-13(9(20)5-18)11(21)8(19)4-17/h2-4,8-9,11,13,18-21H,5H2,1H3/t8-,9+,11+,13+/m0/s1. The van der Waals surface area contributed by atoms with Gasteiger partial charge in [0.15, 0.2) is 18.1 Å². The number of halogens is 2. The minimum Gasteiger partial charge on any atom is -0.494 e. The van der Waals surface area contributed by atoms with Crippen LogP contribution in [-0.2, 0) is 9.53 Å². The van der Waals surface area contributed by atoms with E-state index in [-0.39, 0.29) is 27.6 Å². The van der Waals surface area contributed by atoms with Crippen molar-refractivity contribution in [1.29, 1.82) is 0 Å². The monoisotopic (exact) mass is 382 g/mol. The molecule has 0 bridgehead atoms. The van der Waals surface area contributed by atoms with Crippen LogP contribution >= 0.6 is 23.2 Å². The number of aliphatic hydroxyl groups excluding tert-OH is 4. The predicted octanol–water partition coefficient (Wildman–Crippen LogP) is -0.199. The smallest absolute Gasteiger partial charge is 0.343 e. The van der Waals surface area contributed by atoms with Crippen LogP contribution in [0.1, 0.15) is 10.4 Å². The summed E-state index contributed by atoms with van der Waals surface area (Å²) in [5.41, 5.74) is -0.283. The summed E-state index contributed by atoms with van der Waals surface area (Å²) in [6, 6.07) is 2.68. The second kappa shape index (κ2) is 9.16.